The molecule has 0 aliphatic rings. The van der Waals surface area contributed by atoms with Crippen LogP contribution in [0.4, 0.5) is 5.69 Å². The molecular formula is C7H7NO4. The maximum absolute atomic E-state index is 9.79. The quantitative estimate of drug-likeness (QED) is 0.492. The molecule has 64 valence electrons. The van der Waals surface area contributed by atoms with Crippen LogP contribution < -0.4 is 0 Å². The lowest BCUT2D eigenvalue weighted by Crippen LogP contribution is -1.61. The summed E-state index contributed by atoms with van der Waals surface area (Å²) in [6.07, 6.45) is 0. The van der Waals surface area contributed by atoms with Crippen molar-refractivity contribution in [2.45, 2.75) is 0 Å². The molecule has 1 rings (SSSR count). The molecule has 0 bridgehead atoms. The van der Waals surface area contributed by atoms with Crippen molar-refractivity contribution in [1.82, 2.24) is 0 Å². The number of rotatable bonds is 1. The van der Waals surface area contributed by atoms with E-state index >= 15 is 0 Å². The highest BCUT2D eigenvalue weighted by Crippen LogP contribution is 2.15. The second-order valence-corrected chi connectivity index (χ2v) is 1.71. The van der Waals surface area contributed by atoms with E-state index in [0.717, 1.165) is 0 Å². The number of carbonyl (C=O) groups is 1. The molecule has 1 aromatic rings. The number of nitroso groups, excluding NO2 is 1. The number of aromatic hydroxyl groups is 1. The van der Waals surface area contributed by atoms with Gasteiger partial charge in [0.2, 0.25) is 0 Å². The number of phenolic OH excluding ortho intramolecular Hbond substituents is 1. The lowest BCUT2D eigenvalue weighted by Gasteiger charge is -1.87. The van der Waals surface area contributed by atoms with E-state index < -0.39 is 0 Å². The number of nitrogens with zero attached hydrogens (tertiary/aromatic N) is 1. The van der Waals surface area contributed by atoms with Crippen LogP contribution in [0, 0.1) is 4.91 Å². The van der Waals surface area contributed by atoms with Gasteiger partial charge >= 0.3 is 0 Å². The molecule has 0 saturated heterocycles. The molecule has 0 spiro atoms. The van der Waals surface area contributed by atoms with E-state index in [1.54, 1.807) is 0 Å². The zero-order valence-corrected chi connectivity index (χ0v) is 6.04. The van der Waals surface area contributed by atoms with Crippen LogP contribution in [0.1, 0.15) is 0 Å². The molecule has 0 heterocycles. The zero-order valence-electron chi connectivity index (χ0n) is 6.04. The summed E-state index contributed by atoms with van der Waals surface area (Å²) in [4.78, 5) is 18.1. The second kappa shape index (κ2) is 5.84. The Kier molecular flexibility index (Phi) is 4.91. The van der Waals surface area contributed by atoms with Crippen LogP contribution >= 0.6 is 0 Å². The molecule has 0 amide bonds. The normalized spacial score (nSPS) is 7.67. The Morgan fingerprint density at radius 3 is 2.00 bits per heavy atom. The van der Waals surface area contributed by atoms with Crippen LogP contribution in [0.2, 0.25) is 0 Å². The SMILES string of the molecule is O=CO.O=Nc1ccc(O)cc1. The van der Waals surface area contributed by atoms with Crippen molar-refractivity contribution in [1.29, 1.82) is 0 Å². The van der Waals surface area contributed by atoms with Gasteiger partial charge in [-0.2, -0.15) is 0 Å². The number of hydrogen-bond donors (Lipinski definition) is 2. The van der Waals surface area contributed by atoms with Crippen LogP contribution in [0.5, 0.6) is 5.75 Å². The Balaban J connectivity index is 0.000000354. The molecule has 1 aromatic carbocycles. The van der Waals surface area contributed by atoms with Crippen molar-refractivity contribution in [2.75, 3.05) is 0 Å². The lowest BCUT2D eigenvalue weighted by molar-refractivity contribution is -0.122. The molecule has 0 aliphatic heterocycles. The van der Waals surface area contributed by atoms with Gasteiger partial charge in [0.25, 0.3) is 6.47 Å². The molecule has 0 atom stereocenters. The van der Waals surface area contributed by atoms with E-state index in [9.17, 15) is 4.91 Å². The van der Waals surface area contributed by atoms with E-state index in [-0.39, 0.29) is 12.2 Å². The smallest absolute Gasteiger partial charge is 0.290 e. The summed E-state index contributed by atoms with van der Waals surface area (Å²) in [5.74, 6) is 0.141. The van der Waals surface area contributed by atoms with Gasteiger partial charge in [-0.3, -0.25) is 4.79 Å². The Morgan fingerprint density at radius 2 is 1.67 bits per heavy atom. The number of benzene rings is 1. The fourth-order valence-electron chi connectivity index (χ4n) is 0.513. The van der Waals surface area contributed by atoms with E-state index in [2.05, 4.69) is 5.18 Å². The fraction of sp³-hybridized carbons (Fsp3) is 0. The number of phenols is 1. The van der Waals surface area contributed by atoms with Gasteiger partial charge in [0.1, 0.15) is 11.4 Å². The minimum atomic E-state index is -0.250. The number of hydrogen-bond acceptors (Lipinski definition) is 4. The van der Waals surface area contributed by atoms with Crippen molar-refractivity contribution in [3.63, 3.8) is 0 Å². The van der Waals surface area contributed by atoms with Gasteiger partial charge in [0, 0.05) is 0 Å². The van der Waals surface area contributed by atoms with Crippen molar-refractivity contribution in [3.8, 4) is 5.75 Å². The van der Waals surface area contributed by atoms with Crippen molar-refractivity contribution >= 4 is 12.2 Å². The maximum atomic E-state index is 9.79. The van der Waals surface area contributed by atoms with Crippen molar-refractivity contribution < 1.29 is 15.0 Å². The largest absolute Gasteiger partial charge is 0.508 e. The molecule has 12 heavy (non-hydrogen) atoms. The lowest BCUT2D eigenvalue weighted by atomic mass is 10.3. The molecule has 0 saturated carbocycles. The summed E-state index contributed by atoms with van der Waals surface area (Å²) in [6.45, 7) is -0.250. The fourth-order valence-corrected chi connectivity index (χ4v) is 0.513. The standard InChI is InChI=1S/C6H5NO2.CH2O2/c8-6-3-1-5(7-9)2-4-6;2-1-3/h1-4,8H;1H,(H,2,3). The van der Waals surface area contributed by atoms with E-state index in [0.29, 0.717) is 5.69 Å². The van der Waals surface area contributed by atoms with Crippen molar-refractivity contribution in [3.05, 3.63) is 29.2 Å². The van der Waals surface area contributed by atoms with Crippen LogP contribution in [-0.4, -0.2) is 16.7 Å². The average Bonchev–Trinajstić information content (AvgIpc) is 2.07. The van der Waals surface area contributed by atoms with Crippen LogP contribution in [-0.2, 0) is 4.79 Å². The van der Waals surface area contributed by atoms with E-state index in [1.807, 2.05) is 0 Å². The average molecular weight is 169 g/mol. The molecule has 0 fully saturated rings. The third-order valence-corrected chi connectivity index (χ3v) is 0.955. The molecule has 2 N–H and O–H groups in total. The van der Waals surface area contributed by atoms with Gasteiger partial charge in [0.05, 0.1) is 0 Å². The number of carboxylic acid groups (broad SMARTS) is 1. The van der Waals surface area contributed by atoms with Crippen molar-refractivity contribution in [2.24, 2.45) is 5.18 Å². The molecule has 0 aliphatic carbocycles. The molecular weight excluding hydrogens is 162 g/mol. The first-order chi connectivity index (χ1) is 5.74. The summed E-state index contributed by atoms with van der Waals surface area (Å²) >= 11 is 0. The summed E-state index contributed by atoms with van der Waals surface area (Å²) < 4.78 is 0. The molecule has 5 nitrogen and oxygen atoms in total. The summed E-state index contributed by atoms with van der Waals surface area (Å²) in [6, 6.07) is 5.72. The van der Waals surface area contributed by atoms with Crippen LogP contribution in [0.25, 0.3) is 0 Å². The first-order valence-corrected chi connectivity index (χ1v) is 2.95. The summed E-state index contributed by atoms with van der Waals surface area (Å²) in [5.41, 5.74) is 0.327. The Hall–Kier alpha value is -1.91. The highest BCUT2D eigenvalue weighted by molar-refractivity contribution is 5.40. The van der Waals surface area contributed by atoms with Gasteiger partial charge < -0.3 is 10.2 Å². The third kappa shape index (κ3) is 3.99. The monoisotopic (exact) mass is 169 g/mol. The summed E-state index contributed by atoms with van der Waals surface area (Å²) in [5, 5.41) is 18.2. The first kappa shape index (κ1) is 10.1. The second-order valence-electron chi connectivity index (χ2n) is 1.71. The highest BCUT2D eigenvalue weighted by atomic mass is 16.3. The highest BCUT2D eigenvalue weighted by Gasteiger charge is 1.88. The molecule has 0 unspecified atom stereocenters. The Labute approximate surface area is 68.2 Å². The molecule has 0 aromatic heterocycles. The predicted molar refractivity (Wildman–Crippen MR) is 42.3 cm³/mol. The third-order valence-electron chi connectivity index (χ3n) is 0.955. The van der Waals surface area contributed by atoms with Gasteiger partial charge in [-0.1, -0.05) is 0 Å². The van der Waals surface area contributed by atoms with Gasteiger partial charge in [-0.15, -0.1) is 4.91 Å². The minimum Gasteiger partial charge on any atom is -0.508 e. The predicted octanol–water partition coefficient (Wildman–Crippen LogP) is 1.49. The van der Waals surface area contributed by atoms with Gasteiger partial charge in [-0.25, -0.2) is 0 Å². The zero-order chi connectivity index (χ0) is 9.40. The van der Waals surface area contributed by atoms with E-state index in [1.165, 1.54) is 24.3 Å². The molecule has 0 radical (unpaired) electrons. The Morgan fingerprint density at radius 1 is 1.25 bits per heavy atom. The summed E-state index contributed by atoms with van der Waals surface area (Å²) in [7, 11) is 0. The Bertz CT molecular complexity index is 244. The van der Waals surface area contributed by atoms with Gasteiger partial charge in [0.15, 0.2) is 0 Å². The van der Waals surface area contributed by atoms with Crippen LogP contribution in [0.3, 0.4) is 0 Å². The first-order valence-electron chi connectivity index (χ1n) is 2.95. The topological polar surface area (TPSA) is 87.0 Å². The molecule has 5 heteroatoms. The van der Waals surface area contributed by atoms with Gasteiger partial charge in [-0.05, 0) is 29.4 Å². The van der Waals surface area contributed by atoms with Crippen LogP contribution in [0.15, 0.2) is 29.4 Å². The maximum Gasteiger partial charge on any atom is 0.290 e. The van der Waals surface area contributed by atoms with E-state index in [4.69, 9.17) is 15.0 Å². The minimum absolute atomic E-state index is 0.141.